The van der Waals surface area contributed by atoms with Gasteiger partial charge in [-0.2, -0.15) is 13.2 Å². The number of carboxylic acids is 1. The molecule has 1 atom stereocenters. The van der Waals surface area contributed by atoms with Gasteiger partial charge < -0.3 is 14.7 Å². The summed E-state index contributed by atoms with van der Waals surface area (Å²) in [4.78, 5) is 27.6. The van der Waals surface area contributed by atoms with Gasteiger partial charge >= 0.3 is 12.1 Å². The highest BCUT2D eigenvalue weighted by atomic mass is 32.2. The van der Waals surface area contributed by atoms with E-state index in [9.17, 15) is 18.0 Å². The largest absolute Gasteiger partial charge is 0.490 e. The van der Waals surface area contributed by atoms with E-state index in [1.807, 2.05) is 35.7 Å². The van der Waals surface area contributed by atoms with E-state index < -0.39 is 12.1 Å². The number of likely N-dealkylation sites (tertiary alicyclic amines) is 1. The van der Waals surface area contributed by atoms with Crippen LogP contribution in [0.25, 0.3) is 0 Å². The maximum atomic E-state index is 12.5. The van der Waals surface area contributed by atoms with Crippen molar-refractivity contribution in [2.24, 2.45) is 5.92 Å². The molecule has 172 valence electrons. The predicted molar refractivity (Wildman–Crippen MR) is 110 cm³/mol. The number of aliphatic carboxylic acids is 1. The maximum Gasteiger partial charge on any atom is 0.490 e. The average molecular weight is 461 g/mol. The molecule has 1 amide bonds. The number of pyridine rings is 1. The van der Waals surface area contributed by atoms with Gasteiger partial charge in [0.25, 0.3) is 5.91 Å². The molecule has 3 fully saturated rings. The molecule has 1 aromatic heterocycles. The number of aryl methyl sites for hydroxylation is 1. The van der Waals surface area contributed by atoms with Crippen LogP contribution < -0.4 is 0 Å². The summed E-state index contributed by atoms with van der Waals surface area (Å²) in [5.41, 5.74) is 1.65. The number of ether oxygens (including phenoxy) is 1. The Labute approximate surface area is 183 Å². The van der Waals surface area contributed by atoms with Crippen molar-refractivity contribution in [1.82, 2.24) is 9.88 Å². The van der Waals surface area contributed by atoms with Gasteiger partial charge in [-0.1, -0.05) is 12.8 Å². The van der Waals surface area contributed by atoms with Crippen LogP contribution in [0.3, 0.4) is 0 Å². The van der Waals surface area contributed by atoms with Crippen LogP contribution in [0.4, 0.5) is 13.2 Å². The summed E-state index contributed by atoms with van der Waals surface area (Å²) in [5, 5.41) is 7.12. The summed E-state index contributed by atoms with van der Waals surface area (Å²) in [7, 11) is 0. The normalized spacial score (nSPS) is 22.7. The Morgan fingerprint density at radius 3 is 2.48 bits per heavy atom. The number of carboxylic acid groups (broad SMARTS) is 1. The molecule has 0 radical (unpaired) electrons. The Kier molecular flexibility index (Phi) is 7.51. The van der Waals surface area contributed by atoms with Crippen LogP contribution in [0.2, 0.25) is 0 Å². The third-order valence-electron chi connectivity index (χ3n) is 5.86. The van der Waals surface area contributed by atoms with Crippen LogP contribution in [0, 0.1) is 12.8 Å². The highest BCUT2D eigenvalue weighted by Crippen LogP contribution is 2.46. The second kappa shape index (κ2) is 9.77. The molecule has 0 bridgehead atoms. The molecule has 6 nitrogen and oxygen atoms in total. The monoisotopic (exact) mass is 460 g/mol. The van der Waals surface area contributed by atoms with Crippen LogP contribution >= 0.6 is 11.8 Å². The van der Waals surface area contributed by atoms with Crippen LogP contribution in [0.1, 0.15) is 48.2 Å². The minimum Gasteiger partial charge on any atom is -0.475 e. The standard InChI is InChI=1S/C19H26N2O2S.C2HF3O2/c1-14-6-7-16(9-20-14)18(22)21-12-19(13-21)8-17(11-24-19)23-10-15-4-2-3-5-15;3-2(4,5)1(6)7/h6-7,9,15,17H,2-5,8,10-13H2,1H3;(H,6,7). The minimum atomic E-state index is -5.08. The van der Waals surface area contributed by atoms with Gasteiger partial charge in [0.2, 0.25) is 0 Å². The van der Waals surface area contributed by atoms with Gasteiger partial charge in [-0.25, -0.2) is 4.79 Å². The lowest BCUT2D eigenvalue weighted by atomic mass is 9.92. The molecule has 1 aromatic rings. The number of carbonyl (C=O) groups excluding carboxylic acids is 1. The lowest BCUT2D eigenvalue weighted by molar-refractivity contribution is -0.192. The Hall–Kier alpha value is -1.81. The van der Waals surface area contributed by atoms with E-state index in [4.69, 9.17) is 14.6 Å². The molecule has 0 aromatic carbocycles. The third kappa shape index (κ3) is 6.35. The number of aromatic nitrogens is 1. The van der Waals surface area contributed by atoms with Gasteiger partial charge in [0, 0.05) is 37.3 Å². The Bertz CT molecular complexity index is 776. The Morgan fingerprint density at radius 2 is 1.94 bits per heavy atom. The second-order valence-electron chi connectivity index (χ2n) is 8.46. The van der Waals surface area contributed by atoms with Crippen molar-refractivity contribution in [2.45, 2.75) is 56.1 Å². The Balaban J connectivity index is 0.000000339. The lowest BCUT2D eigenvalue weighted by Crippen LogP contribution is -2.60. The summed E-state index contributed by atoms with van der Waals surface area (Å²) in [6, 6.07) is 3.78. The van der Waals surface area contributed by atoms with Crippen molar-refractivity contribution in [3.63, 3.8) is 0 Å². The fraction of sp³-hybridized carbons (Fsp3) is 0.667. The zero-order valence-electron chi connectivity index (χ0n) is 17.4. The smallest absolute Gasteiger partial charge is 0.475 e. The first-order valence-electron chi connectivity index (χ1n) is 10.4. The quantitative estimate of drug-likeness (QED) is 0.734. The van der Waals surface area contributed by atoms with E-state index in [-0.39, 0.29) is 10.7 Å². The van der Waals surface area contributed by atoms with Crippen LogP contribution in [-0.2, 0) is 9.53 Å². The maximum absolute atomic E-state index is 12.5. The molecule has 1 aliphatic carbocycles. The number of rotatable bonds is 4. The third-order valence-corrected chi connectivity index (χ3v) is 7.44. The minimum absolute atomic E-state index is 0.115. The summed E-state index contributed by atoms with van der Waals surface area (Å²) < 4.78 is 38.2. The molecule has 3 heterocycles. The molecule has 10 heteroatoms. The predicted octanol–water partition coefficient (Wildman–Crippen LogP) is 3.93. The van der Waals surface area contributed by atoms with Crippen molar-refractivity contribution >= 4 is 23.6 Å². The molecule has 31 heavy (non-hydrogen) atoms. The lowest BCUT2D eigenvalue weighted by Gasteiger charge is -2.47. The number of amides is 1. The van der Waals surface area contributed by atoms with Crippen molar-refractivity contribution < 1.29 is 32.6 Å². The summed E-state index contributed by atoms with van der Waals surface area (Å²) >= 11 is 2.01. The van der Waals surface area contributed by atoms with Gasteiger partial charge in [0.1, 0.15) is 0 Å². The van der Waals surface area contributed by atoms with E-state index >= 15 is 0 Å². The molecular weight excluding hydrogens is 433 g/mol. The average Bonchev–Trinajstić information content (AvgIpc) is 3.35. The number of thioether (sulfide) groups is 1. The summed E-state index contributed by atoms with van der Waals surface area (Å²) in [5.74, 6) is -0.766. The molecule has 4 rings (SSSR count). The van der Waals surface area contributed by atoms with Gasteiger partial charge in [0.15, 0.2) is 0 Å². The van der Waals surface area contributed by atoms with Crippen LogP contribution in [0.5, 0.6) is 0 Å². The molecule has 1 saturated carbocycles. The molecule has 1 N–H and O–H groups in total. The topological polar surface area (TPSA) is 79.7 Å². The van der Waals surface area contributed by atoms with Crippen molar-refractivity contribution in [1.29, 1.82) is 0 Å². The van der Waals surface area contributed by atoms with Crippen LogP contribution in [-0.4, -0.2) is 69.3 Å². The van der Waals surface area contributed by atoms with Crippen LogP contribution in [0.15, 0.2) is 18.3 Å². The Morgan fingerprint density at radius 1 is 1.29 bits per heavy atom. The van der Waals surface area contributed by atoms with E-state index in [0.29, 0.717) is 11.7 Å². The first-order chi connectivity index (χ1) is 14.6. The zero-order valence-corrected chi connectivity index (χ0v) is 18.2. The molecule has 2 aliphatic heterocycles. The summed E-state index contributed by atoms with van der Waals surface area (Å²) in [6.07, 6.45) is 3.53. The first-order valence-corrected chi connectivity index (χ1v) is 11.3. The summed E-state index contributed by atoms with van der Waals surface area (Å²) in [6.45, 7) is 4.59. The molecular formula is C21H27F3N2O4S. The fourth-order valence-electron chi connectivity index (χ4n) is 4.15. The number of hydrogen-bond acceptors (Lipinski definition) is 5. The SMILES string of the molecule is Cc1ccc(C(=O)N2CC3(CC(OCC4CCCC4)CS3)C2)cn1.O=C(O)C(F)(F)F. The number of alkyl halides is 3. The van der Waals surface area contributed by atoms with Crippen molar-refractivity contribution in [2.75, 3.05) is 25.4 Å². The van der Waals surface area contributed by atoms with Crippen molar-refractivity contribution in [3.05, 3.63) is 29.6 Å². The van der Waals surface area contributed by atoms with Gasteiger partial charge in [-0.05, 0) is 44.2 Å². The molecule has 2 saturated heterocycles. The molecule has 1 unspecified atom stereocenters. The number of nitrogens with zero attached hydrogens (tertiary/aromatic N) is 2. The highest BCUT2D eigenvalue weighted by Gasteiger charge is 2.51. The van der Waals surface area contributed by atoms with E-state index in [1.165, 1.54) is 25.7 Å². The molecule has 1 spiro atoms. The fourth-order valence-corrected chi connectivity index (χ4v) is 5.70. The number of hydrogen-bond donors (Lipinski definition) is 1. The first kappa shape index (κ1) is 23.8. The van der Waals surface area contributed by atoms with Gasteiger partial charge in [0.05, 0.1) is 16.4 Å². The highest BCUT2D eigenvalue weighted by molar-refractivity contribution is 8.01. The van der Waals surface area contributed by atoms with E-state index in [2.05, 4.69) is 4.98 Å². The number of halogens is 3. The van der Waals surface area contributed by atoms with E-state index in [0.717, 1.165) is 43.5 Å². The van der Waals surface area contributed by atoms with Gasteiger partial charge in [-0.3, -0.25) is 9.78 Å². The zero-order chi connectivity index (χ0) is 22.6. The second-order valence-corrected chi connectivity index (χ2v) is 9.94. The molecule has 3 aliphatic rings. The van der Waals surface area contributed by atoms with Gasteiger partial charge in [-0.15, -0.1) is 11.8 Å². The van der Waals surface area contributed by atoms with Crippen molar-refractivity contribution in [3.8, 4) is 0 Å². The number of carbonyl (C=O) groups is 2. The van der Waals surface area contributed by atoms with E-state index in [1.54, 1.807) is 6.20 Å².